The number of rotatable bonds is 2. The number of nitrogens with zero attached hydrogens (tertiary/aromatic N) is 1. The lowest BCUT2D eigenvalue weighted by Gasteiger charge is -2.14. The van der Waals surface area contributed by atoms with E-state index in [-0.39, 0.29) is 11.7 Å². The molecule has 3 rings (SSSR count). The van der Waals surface area contributed by atoms with Gasteiger partial charge in [0.05, 0.1) is 15.1 Å². The molecule has 116 valence electrons. The Labute approximate surface area is 159 Å². The molecular weight excluding hydrogens is 465 g/mol. The average molecular weight is 473 g/mol. The molecule has 1 heterocycles. The van der Waals surface area contributed by atoms with E-state index in [1.807, 2.05) is 24.3 Å². The molecule has 0 atom stereocenters. The van der Waals surface area contributed by atoms with Gasteiger partial charge in [-0.3, -0.25) is 9.69 Å². The van der Waals surface area contributed by atoms with Crippen molar-refractivity contribution in [2.24, 2.45) is 0 Å². The van der Waals surface area contributed by atoms with E-state index in [1.165, 1.54) is 22.7 Å². The van der Waals surface area contributed by atoms with Crippen LogP contribution >= 0.6 is 55.8 Å². The van der Waals surface area contributed by atoms with Crippen molar-refractivity contribution in [3.63, 3.8) is 0 Å². The van der Waals surface area contributed by atoms with Gasteiger partial charge in [-0.1, -0.05) is 52.0 Å². The highest BCUT2D eigenvalue weighted by Gasteiger charge is 2.33. The minimum absolute atomic E-state index is 0.182. The molecule has 2 nitrogen and oxygen atoms in total. The molecule has 0 saturated carbocycles. The lowest BCUT2D eigenvalue weighted by molar-refractivity contribution is -0.113. The van der Waals surface area contributed by atoms with Gasteiger partial charge in [-0.2, -0.15) is 0 Å². The lowest BCUT2D eigenvalue weighted by Crippen LogP contribution is -2.27. The predicted molar refractivity (Wildman–Crippen MR) is 104 cm³/mol. The van der Waals surface area contributed by atoms with Gasteiger partial charge in [0, 0.05) is 4.47 Å². The van der Waals surface area contributed by atoms with Crippen molar-refractivity contribution in [1.82, 2.24) is 0 Å². The molecule has 2 aromatic carbocycles. The van der Waals surface area contributed by atoms with Gasteiger partial charge >= 0.3 is 0 Å². The first-order valence-electron chi connectivity index (χ1n) is 6.44. The van der Waals surface area contributed by atoms with Crippen LogP contribution in [0.25, 0.3) is 6.08 Å². The summed E-state index contributed by atoms with van der Waals surface area (Å²) >= 11 is 13.1. The smallest absolute Gasteiger partial charge is 0.268 e. The summed E-state index contributed by atoms with van der Waals surface area (Å²) in [4.78, 5) is 14.6. The number of carbonyl (C=O) groups excluding carboxylic acids is 1. The van der Waals surface area contributed by atoms with Gasteiger partial charge in [-0.15, -0.1) is 0 Å². The Morgan fingerprint density at radius 3 is 2.65 bits per heavy atom. The number of carbonyl (C=O) groups is 1. The monoisotopic (exact) mass is 471 g/mol. The maximum Gasteiger partial charge on any atom is 0.270 e. The first-order valence-corrected chi connectivity index (χ1v) is 9.25. The van der Waals surface area contributed by atoms with Crippen molar-refractivity contribution < 1.29 is 9.18 Å². The second-order valence-corrected chi connectivity index (χ2v) is 8.12. The van der Waals surface area contributed by atoms with Crippen molar-refractivity contribution >= 4 is 77.8 Å². The van der Waals surface area contributed by atoms with E-state index >= 15 is 0 Å². The number of anilines is 1. The second kappa shape index (κ2) is 6.84. The fraction of sp³-hybridized carbons (Fsp3) is 0. The lowest BCUT2D eigenvalue weighted by atomic mass is 10.2. The van der Waals surface area contributed by atoms with Gasteiger partial charge < -0.3 is 0 Å². The third-order valence-electron chi connectivity index (χ3n) is 3.10. The topological polar surface area (TPSA) is 20.3 Å². The van der Waals surface area contributed by atoms with Crippen LogP contribution in [-0.4, -0.2) is 10.2 Å². The van der Waals surface area contributed by atoms with Gasteiger partial charge in [0.2, 0.25) is 0 Å². The highest BCUT2D eigenvalue weighted by Crippen LogP contribution is 2.37. The number of hydrogen-bond acceptors (Lipinski definition) is 3. The molecule has 0 spiro atoms. The highest BCUT2D eigenvalue weighted by molar-refractivity contribution is 9.10. The predicted octanol–water partition coefficient (Wildman–Crippen LogP) is 5.76. The van der Waals surface area contributed by atoms with E-state index in [2.05, 4.69) is 31.9 Å². The molecule has 0 aromatic heterocycles. The van der Waals surface area contributed by atoms with Crippen LogP contribution in [0.1, 0.15) is 5.56 Å². The van der Waals surface area contributed by atoms with Crippen molar-refractivity contribution in [2.75, 3.05) is 4.90 Å². The summed E-state index contributed by atoms with van der Waals surface area (Å²) < 4.78 is 15.0. The summed E-state index contributed by atoms with van der Waals surface area (Å²) in [5.41, 5.74) is 1.44. The molecule has 0 unspecified atom stereocenters. The molecule has 1 aliphatic heterocycles. The number of hydrogen-bond donors (Lipinski definition) is 0. The standard InChI is InChI=1S/C16H8Br2FNOS2/c17-10-2-1-3-11(8-10)20-15(21)14(23-16(20)22)7-9-4-5-13(19)12(18)6-9/h1-8H. The average Bonchev–Trinajstić information content (AvgIpc) is 2.77. The van der Waals surface area contributed by atoms with Crippen LogP contribution in [0, 0.1) is 5.82 Å². The summed E-state index contributed by atoms with van der Waals surface area (Å²) in [6, 6.07) is 12.0. The van der Waals surface area contributed by atoms with Crippen LogP contribution in [0.15, 0.2) is 56.3 Å². The number of amides is 1. The van der Waals surface area contributed by atoms with Gasteiger partial charge in [0.15, 0.2) is 4.32 Å². The Morgan fingerprint density at radius 2 is 1.96 bits per heavy atom. The number of halogens is 3. The van der Waals surface area contributed by atoms with Gasteiger partial charge in [-0.05, 0) is 57.9 Å². The summed E-state index contributed by atoms with van der Waals surface area (Å²) in [7, 11) is 0. The zero-order chi connectivity index (χ0) is 16.6. The summed E-state index contributed by atoms with van der Waals surface area (Å²) in [5, 5.41) is 0. The first kappa shape index (κ1) is 16.8. The summed E-state index contributed by atoms with van der Waals surface area (Å²) in [6.07, 6.45) is 1.71. The van der Waals surface area contributed by atoms with Crippen LogP contribution < -0.4 is 4.90 Å². The largest absolute Gasteiger partial charge is 0.270 e. The van der Waals surface area contributed by atoms with E-state index in [0.29, 0.717) is 19.4 Å². The summed E-state index contributed by atoms with van der Waals surface area (Å²) in [6.45, 7) is 0. The SMILES string of the molecule is O=C1C(=Cc2ccc(F)c(Br)c2)SC(=S)N1c1cccc(Br)c1. The van der Waals surface area contributed by atoms with Crippen LogP contribution in [0.5, 0.6) is 0 Å². The quantitative estimate of drug-likeness (QED) is 0.409. The van der Waals surface area contributed by atoms with Gasteiger partial charge in [0.1, 0.15) is 5.82 Å². The van der Waals surface area contributed by atoms with E-state index in [0.717, 1.165) is 10.0 Å². The minimum atomic E-state index is -0.344. The number of benzene rings is 2. The normalized spacial score (nSPS) is 16.5. The molecule has 0 aliphatic carbocycles. The molecule has 0 bridgehead atoms. The fourth-order valence-electron chi connectivity index (χ4n) is 2.06. The third-order valence-corrected chi connectivity index (χ3v) is 5.50. The molecule has 0 N–H and O–H groups in total. The van der Waals surface area contributed by atoms with Crippen molar-refractivity contribution in [2.45, 2.75) is 0 Å². The maximum absolute atomic E-state index is 13.3. The molecule has 1 aliphatic rings. The molecule has 7 heteroatoms. The zero-order valence-electron chi connectivity index (χ0n) is 11.4. The number of thiocarbonyl (C=S) groups is 1. The Kier molecular flexibility index (Phi) is 5.01. The van der Waals surface area contributed by atoms with Crippen LogP contribution in [-0.2, 0) is 4.79 Å². The van der Waals surface area contributed by atoms with Gasteiger partial charge in [0.25, 0.3) is 5.91 Å². The van der Waals surface area contributed by atoms with Crippen molar-refractivity contribution in [1.29, 1.82) is 0 Å². The first-order chi connectivity index (χ1) is 11.0. The van der Waals surface area contributed by atoms with Crippen LogP contribution in [0.2, 0.25) is 0 Å². The summed E-state index contributed by atoms with van der Waals surface area (Å²) in [5.74, 6) is -0.526. The second-order valence-electron chi connectivity index (χ2n) is 4.67. The fourth-order valence-corrected chi connectivity index (χ4v) is 4.14. The molecule has 0 radical (unpaired) electrons. The molecule has 1 saturated heterocycles. The number of thioether (sulfide) groups is 1. The van der Waals surface area contributed by atoms with E-state index in [1.54, 1.807) is 18.2 Å². The third kappa shape index (κ3) is 3.57. The van der Waals surface area contributed by atoms with Crippen molar-refractivity contribution in [3.8, 4) is 0 Å². The zero-order valence-corrected chi connectivity index (χ0v) is 16.2. The Hall–Kier alpha value is -1.02. The van der Waals surface area contributed by atoms with Crippen LogP contribution in [0.3, 0.4) is 0 Å². The van der Waals surface area contributed by atoms with E-state index < -0.39 is 0 Å². The maximum atomic E-state index is 13.3. The molecule has 2 aromatic rings. The molecular formula is C16H8Br2FNOS2. The van der Waals surface area contributed by atoms with E-state index in [4.69, 9.17) is 12.2 Å². The Bertz CT molecular complexity index is 854. The minimum Gasteiger partial charge on any atom is -0.268 e. The van der Waals surface area contributed by atoms with E-state index in [9.17, 15) is 9.18 Å². The van der Waals surface area contributed by atoms with Crippen molar-refractivity contribution in [3.05, 3.63) is 67.7 Å². The van der Waals surface area contributed by atoms with Crippen LogP contribution in [0.4, 0.5) is 10.1 Å². The molecule has 23 heavy (non-hydrogen) atoms. The molecule has 1 fully saturated rings. The highest BCUT2D eigenvalue weighted by atomic mass is 79.9. The molecule has 1 amide bonds. The Balaban J connectivity index is 1.94. The Morgan fingerprint density at radius 1 is 1.17 bits per heavy atom. The van der Waals surface area contributed by atoms with Gasteiger partial charge in [-0.25, -0.2) is 4.39 Å².